The van der Waals surface area contributed by atoms with Crippen LogP contribution in [0.3, 0.4) is 0 Å². The Balaban J connectivity index is 0.000000555. The molecule has 7 nitrogen and oxygen atoms in total. The average molecular weight is 292 g/mol. The zero-order valence-electron chi connectivity index (χ0n) is 10.0. The van der Waals surface area contributed by atoms with E-state index in [9.17, 15) is 9.59 Å². The SMILES string of the molecule is COC(=O)Cl.N[C@@H](Cc1ccc(O)c(O)c1)C(=O)O. The lowest BCUT2D eigenvalue weighted by atomic mass is 10.1. The molecule has 0 heterocycles. The molecular weight excluding hydrogens is 278 g/mol. The highest BCUT2D eigenvalue weighted by Gasteiger charge is 2.12. The van der Waals surface area contributed by atoms with Crippen LogP contribution in [-0.4, -0.2) is 39.9 Å². The van der Waals surface area contributed by atoms with Gasteiger partial charge in [-0.3, -0.25) is 4.79 Å². The van der Waals surface area contributed by atoms with Crippen LogP contribution in [0.2, 0.25) is 0 Å². The number of carbonyl (C=O) groups excluding carboxylic acids is 1. The fraction of sp³-hybridized carbons (Fsp3) is 0.273. The van der Waals surface area contributed by atoms with Crippen molar-refractivity contribution in [3.05, 3.63) is 23.8 Å². The molecule has 0 fully saturated rings. The molecule has 8 heteroatoms. The molecule has 0 bridgehead atoms. The van der Waals surface area contributed by atoms with E-state index in [1.165, 1.54) is 25.3 Å². The normalized spacial score (nSPS) is 10.9. The van der Waals surface area contributed by atoms with Gasteiger partial charge in [0.25, 0.3) is 0 Å². The predicted octanol–water partition coefficient (Wildman–Crippen LogP) is 1.04. The molecule has 0 aliphatic heterocycles. The van der Waals surface area contributed by atoms with Crippen LogP contribution in [-0.2, 0) is 16.0 Å². The monoisotopic (exact) mass is 291 g/mol. The third-order valence-electron chi connectivity index (χ3n) is 1.97. The van der Waals surface area contributed by atoms with Crippen LogP contribution in [0, 0.1) is 0 Å². The van der Waals surface area contributed by atoms with E-state index in [1.54, 1.807) is 0 Å². The number of methoxy groups -OCH3 is 1. The largest absolute Gasteiger partial charge is 0.504 e. The summed E-state index contributed by atoms with van der Waals surface area (Å²) in [6.07, 6.45) is 0.114. The summed E-state index contributed by atoms with van der Waals surface area (Å²) in [5.74, 6) is -1.62. The number of ether oxygens (including phenoxy) is 1. The lowest BCUT2D eigenvalue weighted by molar-refractivity contribution is -0.138. The number of halogens is 1. The minimum absolute atomic E-state index is 0.114. The topological polar surface area (TPSA) is 130 Å². The van der Waals surface area contributed by atoms with Gasteiger partial charge in [-0.05, 0) is 24.1 Å². The van der Waals surface area contributed by atoms with Gasteiger partial charge in [-0.1, -0.05) is 6.07 Å². The number of phenols is 2. The van der Waals surface area contributed by atoms with E-state index in [1.807, 2.05) is 0 Å². The summed E-state index contributed by atoms with van der Waals surface area (Å²) in [4.78, 5) is 19.8. The van der Waals surface area contributed by atoms with Crippen LogP contribution in [0.4, 0.5) is 4.79 Å². The molecule has 1 aromatic carbocycles. The molecule has 0 aliphatic rings. The Morgan fingerprint density at radius 2 is 1.89 bits per heavy atom. The quantitative estimate of drug-likeness (QED) is 0.483. The van der Waals surface area contributed by atoms with Gasteiger partial charge in [-0.25, -0.2) is 4.79 Å². The molecule has 106 valence electrons. The molecule has 19 heavy (non-hydrogen) atoms. The first-order chi connectivity index (χ1) is 8.77. The Hall–Kier alpha value is -1.99. The maximum atomic E-state index is 10.4. The van der Waals surface area contributed by atoms with Gasteiger partial charge in [0.1, 0.15) is 6.04 Å². The Morgan fingerprint density at radius 3 is 2.26 bits per heavy atom. The van der Waals surface area contributed by atoms with Gasteiger partial charge >= 0.3 is 11.4 Å². The molecule has 0 spiro atoms. The average Bonchev–Trinajstić information content (AvgIpc) is 2.34. The van der Waals surface area contributed by atoms with Crippen molar-refractivity contribution in [3.8, 4) is 11.5 Å². The standard InChI is InChI=1S/C9H11NO4.C2H3ClO2/c10-6(9(13)14)3-5-1-2-7(11)8(12)4-5;1-5-2(3)4/h1-2,4,6,11-12H,3,10H2,(H,13,14);1H3/t6-;/m0./s1. The summed E-state index contributed by atoms with van der Waals surface area (Å²) in [5, 5.41) is 26.6. The number of carbonyl (C=O) groups is 2. The van der Waals surface area contributed by atoms with E-state index in [4.69, 9.17) is 21.1 Å². The number of phenolic OH excluding ortho intramolecular Hbond substituents is 2. The molecule has 0 saturated heterocycles. The Morgan fingerprint density at radius 1 is 1.37 bits per heavy atom. The van der Waals surface area contributed by atoms with Crippen molar-refractivity contribution in [1.82, 2.24) is 0 Å². The fourth-order valence-electron chi connectivity index (χ4n) is 1.04. The van der Waals surface area contributed by atoms with Gasteiger partial charge in [-0.2, -0.15) is 0 Å². The summed E-state index contributed by atoms with van der Waals surface area (Å²) >= 11 is 4.60. The molecule has 0 amide bonds. The van der Waals surface area contributed by atoms with Crippen molar-refractivity contribution in [1.29, 1.82) is 0 Å². The first-order valence-electron chi connectivity index (χ1n) is 5.00. The Bertz CT molecular complexity index is 451. The van der Waals surface area contributed by atoms with Crippen molar-refractivity contribution in [2.75, 3.05) is 7.11 Å². The van der Waals surface area contributed by atoms with Crippen LogP contribution < -0.4 is 5.73 Å². The number of benzene rings is 1. The van der Waals surface area contributed by atoms with Crippen molar-refractivity contribution >= 4 is 23.0 Å². The molecule has 0 unspecified atom stereocenters. The lowest BCUT2D eigenvalue weighted by Crippen LogP contribution is -2.32. The van der Waals surface area contributed by atoms with E-state index in [0.29, 0.717) is 5.56 Å². The number of rotatable bonds is 3. The predicted molar refractivity (Wildman–Crippen MR) is 67.3 cm³/mol. The first-order valence-corrected chi connectivity index (χ1v) is 5.38. The molecule has 0 saturated carbocycles. The van der Waals surface area contributed by atoms with Crippen molar-refractivity contribution in [3.63, 3.8) is 0 Å². The zero-order valence-corrected chi connectivity index (χ0v) is 10.8. The summed E-state index contributed by atoms with van der Waals surface area (Å²) < 4.78 is 3.88. The van der Waals surface area contributed by atoms with Crippen LogP contribution >= 0.6 is 11.6 Å². The van der Waals surface area contributed by atoms with Gasteiger partial charge in [0, 0.05) is 11.6 Å². The Kier molecular flexibility index (Phi) is 7.32. The molecule has 5 N–H and O–H groups in total. The minimum atomic E-state index is -1.10. The van der Waals surface area contributed by atoms with Crippen molar-refractivity contribution in [2.24, 2.45) is 5.73 Å². The summed E-state index contributed by atoms with van der Waals surface area (Å²) in [6, 6.07) is 3.09. The maximum Gasteiger partial charge on any atom is 0.403 e. The first kappa shape index (κ1) is 17.0. The van der Waals surface area contributed by atoms with Gasteiger partial charge in [0.2, 0.25) is 0 Å². The van der Waals surface area contributed by atoms with E-state index in [-0.39, 0.29) is 17.9 Å². The number of nitrogens with two attached hydrogens (primary N) is 1. The lowest BCUT2D eigenvalue weighted by Gasteiger charge is -2.06. The van der Waals surface area contributed by atoms with E-state index < -0.39 is 17.4 Å². The maximum absolute atomic E-state index is 10.4. The number of carboxylic acid groups (broad SMARTS) is 1. The summed E-state index contributed by atoms with van der Waals surface area (Å²) in [5.41, 5.74) is 5.08. The number of hydrogen-bond donors (Lipinski definition) is 4. The number of hydrogen-bond acceptors (Lipinski definition) is 6. The molecular formula is C11H14ClNO6. The number of carboxylic acids is 1. The second kappa shape index (κ2) is 8.17. The third-order valence-corrected chi connectivity index (χ3v) is 2.13. The Labute approximate surface area is 114 Å². The summed E-state index contributed by atoms with van der Waals surface area (Å²) in [6.45, 7) is 0. The van der Waals surface area contributed by atoms with Crippen molar-refractivity contribution < 1.29 is 29.6 Å². The second-order valence-corrected chi connectivity index (χ2v) is 3.72. The van der Waals surface area contributed by atoms with Gasteiger partial charge < -0.3 is 25.8 Å². The van der Waals surface area contributed by atoms with Gasteiger partial charge in [0.05, 0.1) is 7.11 Å². The highest BCUT2D eigenvalue weighted by Crippen LogP contribution is 2.25. The molecule has 1 aromatic rings. The molecule has 1 atom stereocenters. The smallest absolute Gasteiger partial charge is 0.403 e. The molecule has 0 aromatic heterocycles. The van der Waals surface area contributed by atoms with Crippen LogP contribution in [0.15, 0.2) is 18.2 Å². The van der Waals surface area contributed by atoms with Crippen LogP contribution in [0.1, 0.15) is 5.56 Å². The minimum Gasteiger partial charge on any atom is -0.504 e. The van der Waals surface area contributed by atoms with Crippen molar-refractivity contribution in [2.45, 2.75) is 12.5 Å². The number of aliphatic carboxylic acids is 1. The fourth-order valence-corrected chi connectivity index (χ4v) is 1.04. The van der Waals surface area contributed by atoms with Gasteiger partial charge in [0.15, 0.2) is 11.5 Å². The molecule has 1 rings (SSSR count). The van der Waals surface area contributed by atoms with Gasteiger partial charge in [-0.15, -0.1) is 0 Å². The highest BCUT2D eigenvalue weighted by molar-refractivity contribution is 6.61. The molecule has 0 radical (unpaired) electrons. The zero-order chi connectivity index (χ0) is 15.0. The highest BCUT2D eigenvalue weighted by atomic mass is 35.5. The van der Waals surface area contributed by atoms with Crippen LogP contribution in [0.5, 0.6) is 11.5 Å². The van der Waals surface area contributed by atoms with E-state index in [0.717, 1.165) is 0 Å². The number of aromatic hydroxyl groups is 2. The molecule has 0 aliphatic carbocycles. The van der Waals surface area contributed by atoms with E-state index >= 15 is 0 Å². The van der Waals surface area contributed by atoms with E-state index in [2.05, 4.69) is 16.3 Å². The summed E-state index contributed by atoms with van der Waals surface area (Å²) in [7, 11) is 1.22. The van der Waals surface area contributed by atoms with Crippen LogP contribution in [0.25, 0.3) is 0 Å². The second-order valence-electron chi connectivity index (χ2n) is 3.41. The third kappa shape index (κ3) is 7.12.